The normalized spacial score (nSPS) is 10.4. The molecule has 4 heteroatoms. The van der Waals surface area contributed by atoms with Crippen molar-refractivity contribution >= 4 is 5.69 Å². The molecular formula is C15H21N3O. The minimum Gasteiger partial charge on any atom is -0.494 e. The van der Waals surface area contributed by atoms with Crippen LogP contribution >= 0.6 is 0 Å². The van der Waals surface area contributed by atoms with Gasteiger partial charge >= 0.3 is 0 Å². The number of anilines is 1. The Balaban J connectivity index is 1.85. The highest BCUT2D eigenvalue weighted by Crippen LogP contribution is 2.16. The number of benzene rings is 1. The van der Waals surface area contributed by atoms with Gasteiger partial charge in [-0.2, -0.15) is 5.10 Å². The predicted molar refractivity (Wildman–Crippen MR) is 77.5 cm³/mol. The molecule has 0 aliphatic heterocycles. The van der Waals surface area contributed by atoms with Crippen molar-refractivity contribution in [2.45, 2.75) is 33.4 Å². The summed E-state index contributed by atoms with van der Waals surface area (Å²) in [7, 11) is 0. The van der Waals surface area contributed by atoms with Crippen LogP contribution in [0.2, 0.25) is 0 Å². The van der Waals surface area contributed by atoms with E-state index in [0.717, 1.165) is 37.6 Å². The van der Waals surface area contributed by atoms with Gasteiger partial charge in [0.25, 0.3) is 0 Å². The van der Waals surface area contributed by atoms with E-state index in [4.69, 9.17) is 4.74 Å². The van der Waals surface area contributed by atoms with E-state index in [2.05, 4.69) is 30.5 Å². The van der Waals surface area contributed by atoms with E-state index in [9.17, 15) is 0 Å². The van der Waals surface area contributed by atoms with Gasteiger partial charge in [0.1, 0.15) is 5.75 Å². The Morgan fingerprint density at radius 2 is 2.00 bits per heavy atom. The van der Waals surface area contributed by atoms with Crippen LogP contribution in [0.3, 0.4) is 0 Å². The summed E-state index contributed by atoms with van der Waals surface area (Å²) in [6, 6.07) is 8.06. The summed E-state index contributed by atoms with van der Waals surface area (Å²) < 4.78 is 7.48. The lowest BCUT2D eigenvalue weighted by atomic mass is 10.3. The number of nitrogens with one attached hydrogen (secondary N) is 1. The average molecular weight is 259 g/mol. The molecule has 0 saturated carbocycles. The fourth-order valence-electron chi connectivity index (χ4n) is 1.76. The van der Waals surface area contributed by atoms with Gasteiger partial charge in [0.15, 0.2) is 0 Å². The Bertz CT molecular complexity index is 490. The Kier molecular flexibility index (Phi) is 4.84. The smallest absolute Gasteiger partial charge is 0.119 e. The SMILES string of the molecule is CCCOc1ccc(NCc2cnn(CC)c2)cc1. The largest absolute Gasteiger partial charge is 0.494 e. The van der Waals surface area contributed by atoms with Crippen molar-refractivity contribution in [2.24, 2.45) is 0 Å². The van der Waals surface area contributed by atoms with Crippen LogP contribution in [0.15, 0.2) is 36.7 Å². The molecule has 1 heterocycles. The fourth-order valence-corrected chi connectivity index (χ4v) is 1.76. The van der Waals surface area contributed by atoms with Crippen LogP contribution in [0.4, 0.5) is 5.69 Å². The number of nitrogens with zero attached hydrogens (tertiary/aromatic N) is 2. The predicted octanol–water partition coefficient (Wildman–Crippen LogP) is 3.30. The van der Waals surface area contributed by atoms with Gasteiger partial charge in [-0.3, -0.25) is 4.68 Å². The van der Waals surface area contributed by atoms with E-state index >= 15 is 0 Å². The van der Waals surface area contributed by atoms with Gasteiger partial charge in [0, 0.05) is 30.5 Å². The van der Waals surface area contributed by atoms with E-state index in [0.29, 0.717) is 0 Å². The number of aromatic nitrogens is 2. The Morgan fingerprint density at radius 3 is 2.63 bits per heavy atom. The molecule has 0 atom stereocenters. The molecule has 0 amide bonds. The first-order chi connectivity index (χ1) is 9.31. The van der Waals surface area contributed by atoms with E-state index in [1.54, 1.807) is 0 Å². The third-order valence-corrected chi connectivity index (χ3v) is 2.83. The Hall–Kier alpha value is -1.97. The number of aryl methyl sites for hydroxylation is 1. The fraction of sp³-hybridized carbons (Fsp3) is 0.400. The summed E-state index contributed by atoms with van der Waals surface area (Å²) in [5.74, 6) is 0.922. The van der Waals surface area contributed by atoms with E-state index in [1.807, 2.05) is 35.1 Å². The summed E-state index contributed by atoms with van der Waals surface area (Å²) >= 11 is 0. The van der Waals surface area contributed by atoms with Crippen LogP contribution < -0.4 is 10.1 Å². The van der Waals surface area contributed by atoms with Crippen LogP contribution in [-0.2, 0) is 13.1 Å². The van der Waals surface area contributed by atoms with Gasteiger partial charge in [0.05, 0.1) is 12.8 Å². The lowest BCUT2D eigenvalue weighted by Crippen LogP contribution is -1.99. The lowest BCUT2D eigenvalue weighted by Gasteiger charge is -2.07. The minimum atomic E-state index is 0.767. The molecule has 4 nitrogen and oxygen atoms in total. The van der Waals surface area contributed by atoms with E-state index in [-0.39, 0.29) is 0 Å². The van der Waals surface area contributed by atoms with Gasteiger partial charge in [0.2, 0.25) is 0 Å². The van der Waals surface area contributed by atoms with Crippen molar-refractivity contribution in [1.82, 2.24) is 9.78 Å². The van der Waals surface area contributed by atoms with Crippen LogP contribution in [0.25, 0.3) is 0 Å². The third-order valence-electron chi connectivity index (χ3n) is 2.83. The number of hydrogen-bond donors (Lipinski definition) is 1. The number of rotatable bonds is 7. The minimum absolute atomic E-state index is 0.767. The molecule has 0 aliphatic carbocycles. The average Bonchev–Trinajstić information content (AvgIpc) is 2.92. The summed E-state index contributed by atoms with van der Waals surface area (Å²) in [6.45, 7) is 6.65. The van der Waals surface area contributed by atoms with Crippen molar-refractivity contribution in [1.29, 1.82) is 0 Å². The Labute approximate surface area is 114 Å². The van der Waals surface area contributed by atoms with Crippen LogP contribution in [-0.4, -0.2) is 16.4 Å². The van der Waals surface area contributed by atoms with Gasteiger partial charge in [-0.15, -0.1) is 0 Å². The summed E-state index contributed by atoms with van der Waals surface area (Å²) in [6.07, 6.45) is 4.99. The quantitative estimate of drug-likeness (QED) is 0.829. The second-order valence-corrected chi connectivity index (χ2v) is 4.43. The van der Waals surface area contributed by atoms with Crippen molar-refractivity contribution in [2.75, 3.05) is 11.9 Å². The maximum absolute atomic E-state index is 5.55. The molecule has 2 aromatic rings. The van der Waals surface area contributed by atoms with Crippen molar-refractivity contribution in [3.05, 3.63) is 42.2 Å². The molecule has 1 aromatic carbocycles. The zero-order valence-electron chi connectivity index (χ0n) is 11.6. The summed E-state index contributed by atoms with van der Waals surface area (Å²) in [4.78, 5) is 0. The molecule has 0 fully saturated rings. The highest BCUT2D eigenvalue weighted by Gasteiger charge is 1.98. The maximum Gasteiger partial charge on any atom is 0.119 e. The molecule has 19 heavy (non-hydrogen) atoms. The molecule has 0 unspecified atom stereocenters. The first-order valence-electron chi connectivity index (χ1n) is 6.80. The lowest BCUT2D eigenvalue weighted by molar-refractivity contribution is 0.317. The van der Waals surface area contributed by atoms with Crippen LogP contribution in [0, 0.1) is 0 Å². The van der Waals surface area contributed by atoms with Gasteiger partial charge in [-0.1, -0.05) is 6.92 Å². The summed E-state index contributed by atoms with van der Waals surface area (Å²) in [5.41, 5.74) is 2.28. The number of ether oxygens (including phenoxy) is 1. The molecular weight excluding hydrogens is 238 g/mol. The van der Waals surface area contributed by atoms with Crippen LogP contribution in [0.5, 0.6) is 5.75 Å². The second-order valence-electron chi connectivity index (χ2n) is 4.43. The molecule has 102 valence electrons. The van der Waals surface area contributed by atoms with Crippen LogP contribution in [0.1, 0.15) is 25.8 Å². The zero-order chi connectivity index (χ0) is 13.5. The highest BCUT2D eigenvalue weighted by atomic mass is 16.5. The molecule has 0 saturated heterocycles. The van der Waals surface area contributed by atoms with Crippen molar-refractivity contribution in [3.63, 3.8) is 0 Å². The highest BCUT2D eigenvalue weighted by molar-refractivity contribution is 5.46. The molecule has 0 radical (unpaired) electrons. The van der Waals surface area contributed by atoms with E-state index < -0.39 is 0 Å². The molecule has 1 N–H and O–H groups in total. The molecule has 2 rings (SSSR count). The van der Waals surface area contributed by atoms with Gasteiger partial charge in [-0.05, 0) is 37.6 Å². The van der Waals surface area contributed by atoms with Crippen molar-refractivity contribution < 1.29 is 4.74 Å². The second kappa shape index (κ2) is 6.83. The molecule has 1 aromatic heterocycles. The molecule has 0 spiro atoms. The first-order valence-corrected chi connectivity index (χ1v) is 6.80. The Morgan fingerprint density at radius 1 is 1.21 bits per heavy atom. The third kappa shape index (κ3) is 4.02. The van der Waals surface area contributed by atoms with Crippen molar-refractivity contribution in [3.8, 4) is 5.75 Å². The molecule has 0 aliphatic rings. The number of hydrogen-bond acceptors (Lipinski definition) is 3. The summed E-state index contributed by atoms with van der Waals surface area (Å²) in [5, 5.41) is 7.62. The van der Waals surface area contributed by atoms with Gasteiger partial charge in [-0.25, -0.2) is 0 Å². The van der Waals surface area contributed by atoms with E-state index in [1.165, 1.54) is 5.56 Å². The molecule has 0 bridgehead atoms. The monoisotopic (exact) mass is 259 g/mol. The topological polar surface area (TPSA) is 39.1 Å². The first kappa shape index (κ1) is 13.5. The zero-order valence-corrected chi connectivity index (χ0v) is 11.6. The van der Waals surface area contributed by atoms with Gasteiger partial charge < -0.3 is 10.1 Å². The maximum atomic E-state index is 5.55. The standard InChI is InChI=1S/C15H21N3O/c1-3-9-19-15-7-5-14(6-8-15)16-10-13-11-17-18(4-2)12-13/h5-8,11-12,16H,3-4,9-10H2,1-2H3.